The molecule has 2 heterocycles. The summed E-state index contributed by atoms with van der Waals surface area (Å²) >= 11 is 0. The van der Waals surface area contributed by atoms with Crippen LogP contribution in [-0.2, 0) is 6.54 Å². The number of aliphatic hydroxyl groups excluding tert-OH is 1. The van der Waals surface area contributed by atoms with Gasteiger partial charge in [0.25, 0.3) is 0 Å². The van der Waals surface area contributed by atoms with Crippen molar-refractivity contribution in [1.82, 2.24) is 9.80 Å². The van der Waals surface area contributed by atoms with Crippen molar-refractivity contribution in [1.29, 1.82) is 0 Å². The third-order valence-electron chi connectivity index (χ3n) is 4.17. The van der Waals surface area contributed by atoms with Crippen LogP contribution >= 0.6 is 0 Å². The first kappa shape index (κ1) is 16.1. The van der Waals surface area contributed by atoms with Crippen LogP contribution in [0.2, 0.25) is 0 Å². The van der Waals surface area contributed by atoms with Gasteiger partial charge in [0.1, 0.15) is 23.5 Å². The lowest BCUT2D eigenvalue weighted by molar-refractivity contribution is 0.0595. The molecule has 23 heavy (non-hydrogen) atoms. The summed E-state index contributed by atoms with van der Waals surface area (Å²) in [5.74, 6) is -0.224. The largest absolute Gasteiger partial charge is 0.467 e. The molecule has 0 amide bonds. The normalized spacial score (nSPS) is 18.2. The van der Waals surface area contributed by atoms with Gasteiger partial charge in [-0.15, -0.1) is 0 Å². The van der Waals surface area contributed by atoms with Crippen molar-refractivity contribution in [2.24, 2.45) is 0 Å². The summed E-state index contributed by atoms with van der Waals surface area (Å²) in [6.07, 6.45) is 0.904. The van der Waals surface area contributed by atoms with Gasteiger partial charge in [-0.05, 0) is 30.3 Å². The first-order valence-electron chi connectivity index (χ1n) is 7.72. The summed E-state index contributed by atoms with van der Waals surface area (Å²) in [4.78, 5) is 4.24. The Hall–Kier alpha value is -1.76. The van der Waals surface area contributed by atoms with E-state index in [1.807, 2.05) is 0 Å². The standard InChI is InChI=1S/C17H20F2N2O2/c18-14-3-4-15(19)13(10-14)11-20-5-7-21(8-6-20)12-16(22)17-2-1-9-23-17/h1-4,9-10,16,22H,5-8,11-12H2/t16-/m1/s1. The molecule has 0 unspecified atom stereocenters. The summed E-state index contributed by atoms with van der Waals surface area (Å²) in [7, 11) is 0. The minimum atomic E-state index is -0.641. The van der Waals surface area contributed by atoms with Gasteiger partial charge in [-0.3, -0.25) is 9.80 Å². The van der Waals surface area contributed by atoms with Crippen molar-refractivity contribution in [3.63, 3.8) is 0 Å². The molecule has 2 aromatic rings. The van der Waals surface area contributed by atoms with Crippen molar-refractivity contribution in [2.75, 3.05) is 32.7 Å². The number of hydrogen-bond donors (Lipinski definition) is 1. The fraction of sp³-hybridized carbons (Fsp3) is 0.412. The zero-order valence-corrected chi connectivity index (χ0v) is 12.8. The van der Waals surface area contributed by atoms with E-state index in [4.69, 9.17) is 4.42 Å². The zero-order valence-electron chi connectivity index (χ0n) is 12.8. The number of β-amino-alcohol motifs (C(OH)–C–C–N with tert-alkyl or cyclic N) is 1. The molecule has 4 nitrogen and oxygen atoms in total. The molecule has 1 aliphatic rings. The second kappa shape index (κ2) is 7.21. The van der Waals surface area contributed by atoms with E-state index in [1.54, 1.807) is 18.4 Å². The SMILES string of the molecule is O[C@H](CN1CCN(Cc2cc(F)ccc2F)CC1)c1ccco1. The van der Waals surface area contributed by atoms with Gasteiger partial charge in [0.05, 0.1) is 6.26 Å². The third-order valence-corrected chi connectivity index (χ3v) is 4.17. The smallest absolute Gasteiger partial charge is 0.133 e. The van der Waals surface area contributed by atoms with E-state index in [0.717, 1.165) is 32.2 Å². The van der Waals surface area contributed by atoms with Crippen LogP contribution in [0.5, 0.6) is 0 Å². The van der Waals surface area contributed by atoms with Crippen LogP contribution in [0, 0.1) is 11.6 Å². The van der Waals surface area contributed by atoms with Crippen LogP contribution in [0.25, 0.3) is 0 Å². The first-order valence-corrected chi connectivity index (χ1v) is 7.72. The molecule has 1 atom stereocenters. The summed E-state index contributed by atoms with van der Waals surface area (Å²) < 4.78 is 32.1. The Kier molecular flexibility index (Phi) is 5.05. The molecular formula is C17H20F2N2O2. The molecule has 1 fully saturated rings. The highest BCUT2D eigenvalue weighted by atomic mass is 19.1. The Morgan fingerprint density at radius 1 is 1.09 bits per heavy atom. The Bertz CT molecular complexity index is 626. The molecule has 1 N–H and O–H groups in total. The van der Waals surface area contributed by atoms with Gasteiger partial charge in [0, 0.05) is 44.8 Å². The molecule has 0 spiro atoms. The second-order valence-corrected chi connectivity index (χ2v) is 5.84. The number of hydrogen-bond acceptors (Lipinski definition) is 4. The van der Waals surface area contributed by atoms with Crippen molar-refractivity contribution < 1.29 is 18.3 Å². The Morgan fingerprint density at radius 2 is 1.83 bits per heavy atom. The lowest BCUT2D eigenvalue weighted by atomic mass is 10.1. The van der Waals surface area contributed by atoms with Crippen molar-refractivity contribution in [2.45, 2.75) is 12.6 Å². The molecule has 0 bridgehead atoms. The van der Waals surface area contributed by atoms with Crippen LogP contribution in [-0.4, -0.2) is 47.6 Å². The Balaban J connectivity index is 1.49. The fourth-order valence-corrected chi connectivity index (χ4v) is 2.85. The van der Waals surface area contributed by atoms with Gasteiger partial charge >= 0.3 is 0 Å². The van der Waals surface area contributed by atoms with Crippen LogP contribution < -0.4 is 0 Å². The van der Waals surface area contributed by atoms with Crippen molar-refractivity contribution in [3.05, 3.63) is 59.6 Å². The first-order chi connectivity index (χ1) is 11.1. The maximum atomic E-state index is 13.7. The van der Waals surface area contributed by atoms with Gasteiger partial charge < -0.3 is 9.52 Å². The van der Waals surface area contributed by atoms with Crippen molar-refractivity contribution >= 4 is 0 Å². The number of aliphatic hydroxyl groups is 1. The van der Waals surface area contributed by atoms with Gasteiger partial charge in [-0.25, -0.2) is 8.78 Å². The summed E-state index contributed by atoms with van der Waals surface area (Å²) in [6, 6.07) is 7.06. The fourth-order valence-electron chi connectivity index (χ4n) is 2.85. The van der Waals surface area contributed by atoms with E-state index >= 15 is 0 Å². The summed E-state index contributed by atoms with van der Waals surface area (Å²) in [5, 5.41) is 10.1. The van der Waals surface area contributed by atoms with Crippen LogP contribution in [0.15, 0.2) is 41.0 Å². The third kappa shape index (κ3) is 4.16. The highest BCUT2D eigenvalue weighted by Crippen LogP contribution is 2.17. The van der Waals surface area contributed by atoms with E-state index < -0.39 is 11.9 Å². The van der Waals surface area contributed by atoms with E-state index in [-0.39, 0.29) is 5.82 Å². The Labute approximate surface area is 133 Å². The van der Waals surface area contributed by atoms with Crippen LogP contribution in [0.3, 0.4) is 0 Å². The minimum absolute atomic E-state index is 0.373. The summed E-state index contributed by atoms with van der Waals surface area (Å²) in [6.45, 7) is 3.96. The molecule has 1 aromatic heterocycles. The second-order valence-electron chi connectivity index (χ2n) is 5.84. The molecule has 0 radical (unpaired) electrons. The highest BCUT2D eigenvalue weighted by molar-refractivity contribution is 5.18. The molecule has 6 heteroatoms. The number of benzene rings is 1. The lowest BCUT2D eigenvalue weighted by Gasteiger charge is -2.35. The predicted molar refractivity (Wildman–Crippen MR) is 81.7 cm³/mol. The van der Waals surface area contributed by atoms with E-state index in [0.29, 0.717) is 24.4 Å². The van der Waals surface area contributed by atoms with Gasteiger partial charge in [0.2, 0.25) is 0 Å². The molecule has 0 aliphatic carbocycles. The Morgan fingerprint density at radius 3 is 2.52 bits per heavy atom. The quantitative estimate of drug-likeness (QED) is 0.918. The molecule has 1 aromatic carbocycles. The molecule has 1 aliphatic heterocycles. The molecule has 1 saturated heterocycles. The average molecular weight is 322 g/mol. The molecular weight excluding hydrogens is 302 g/mol. The highest BCUT2D eigenvalue weighted by Gasteiger charge is 2.21. The summed E-state index contributed by atoms with van der Waals surface area (Å²) in [5.41, 5.74) is 0.383. The zero-order chi connectivity index (χ0) is 16.2. The minimum Gasteiger partial charge on any atom is -0.467 e. The topological polar surface area (TPSA) is 39.9 Å². The number of nitrogens with zero attached hydrogens (tertiary/aromatic N) is 2. The van der Waals surface area contributed by atoms with E-state index in [9.17, 15) is 13.9 Å². The average Bonchev–Trinajstić information content (AvgIpc) is 3.07. The van der Waals surface area contributed by atoms with Crippen LogP contribution in [0.4, 0.5) is 8.78 Å². The van der Waals surface area contributed by atoms with Crippen molar-refractivity contribution in [3.8, 4) is 0 Å². The van der Waals surface area contributed by atoms with Gasteiger partial charge in [0.15, 0.2) is 0 Å². The number of furan rings is 1. The monoisotopic (exact) mass is 322 g/mol. The number of halogens is 2. The predicted octanol–water partition coefficient (Wildman–Crippen LogP) is 2.41. The lowest BCUT2D eigenvalue weighted by Crippen LogP contribution is -2.47. The van der Waals surface area contributed by atoms with Gasteiger partial charge in [-0.1, -0.05) is 0 Å². The molecule has 0 saturated carbocycles. The maximum absolute atomic E-state index is 13.7. The van der Waals surface area contributed by atoms with Crippen LogP contribution in [0.1, 0.15) is 17.4 Å². The number of rotatable bonds is 5. The molecule has 3 rings (SSSR count). The maximum Gasteiger partial charge on any atom is 0.133 e. The van der Waals surface area contributed by atoms with E-state index in [2.05, 4.69) is 9.80 Å². The molecule has 124 valence electrons. The van der Waals surface area contributed by atoms with Gasteiger partial charge in [-0.2, -0.15) is 0 Å². The van der Waals surface area contributed by atoms with E-state index in [1.165, 1.54) is 12.1 Å². The number of piperazine rings is 1.